The van der Waals surface area contributed by atoms with E-state index in [-0.39, 0.29) is 0 Å². The van der Waals surface area contributed by atoms with Crippen molar-refractivity contribution < 1.29 is 0 Å². The first-order valence-electron chi connectivity index (χ1n) is 6.11. The van der Waals surface area contributed by atoms with Crippen LogP contribution < -0.4 is 5.32 Å². The number of nitrogens with zero attached hydrogens (tertiary/aromatic N) is 2. The summed E-state index contributed by atoms with van der Waals surface area (Å²) >= 11 is 0. The van der Waals surface area contributed by atoms with Crippen molar-refractivity contribution in [3.8, 4) is 0 Å². The van der Waals surface area contributed by atoms with Crippen LogP contribution in [-0.4, -0.2) is 36.1 Å². The van der Waals surface area contributed by atoms with E-state index in [1.165, 1.54) is 43.6 Å². The molecule has 16 heavy (non-hydrogen) atoms. The lowest BCUT2D eigenvalue weighted by molar-refractivity contribution is 0.348. The van der Waals surface area contributed by atoms with Crippen molar-refractivity contribution in [2.45, 2.75) is 32.2 Å². The van der Waals surface area contributed by atoms with Gasteiger partial charge in [-0.3, -0.25) is 4.98 Å². The lowest BCUT2D eigenvalue weighted by Gasteiger charge is -2.19. The number of hydrogen-bond donors (Lipinski definition) is 1. The van der Waals surface area contributed by atoms with Crippen molar-refractivity contribution in [3.63, 3.8) is 0 Å². The second kappa shape index (κ2) is 5.30. The number of likely N-dealkylation sites (tertiary alicyclic amines) is 1. The highest BCUT2D eigenvalue weighted by Crippen LogP contribution is 2.18. The van der Waals surface area contributed by atoms with Gasteiger partial charge in [0.05, 0.1) is 11.9 Å². The Morgan fingerprint density at radius 2 is 2.25 bits per heavy atom. The maximum atomic E-state index is 4.18. The Hall–Kier alpha value is -1.09. The van der Waals surface area contributed by atoms with E-state index in [1.54, 1.807) is 0 Å². The molecular weight excluding hydrogens is 198 g/mol. The fourth-order valence-electron chi connectivity index (χ4n) is 2.22. The third-order valence-corrected chi connectivity index (χ3v) is 3.35. The monoisotopic (exact) mass is 219 g/mol. The van der Waals surface area contributed by atoms with Crippen molar-refractivity contribution in [2.24, 2.45) is 0 Å². The van der Waals surface area contributed by atoms with Crippen molar-refractivity contribution in [2.75, 3.05) is 25.5 Å². The van der Waals surface area contributed by atoms with Gasteiger partial charge in [0.15, 0.2) is 0 Å². The van der Waals surface area contributed by atoms with E-state index >= 15 is 0 Å². The fourth-order valence-corrected chi connectivity index (χ4v) is 2.22. The summed E-state index contributed by atoms with van der Waals surface area (Å²) in [5.74, 6) is 0. The van der Waals surface area contributed by atoms with Crippen LogP contribution in [-0.2, 0) is 0 Å². The normalized spacial score (nSPS) is 22.8. The molecule has 0 aliphatic carbocycles. The molecule has 3 nitrogen and oxygen atoms in total. The number of hydrogen-bond acceptors (Lipinski definition) is 3. The average molecular weight is 219 g/mol. The molecule has 0 radical (unpaired) electrons. The molecule has 0 amide bonds. The summed E-state index contributed by atoms with van der Waals surface area (Å²) in [5.41, 5.74) is 2.48. The maximum Gasteiger partial charge on any atom is 0.0558 e. The van der Waals surface area contributed by atoms with Gasteiger partial charge < -0.3 is 10.2 Å². The molecule has 1 saturated heterocycles. The average Bonchev–Trinajstić information content (AvgIpc) is 2.47. The van der Waals surface area contributed by atoms with E-state index in [1.807, 2.05) is 12.4 Å². The van der Waals surface area contributed by atoms with E-state index in [0.717, 1.165) is 0 Å². The highest BCUT2D eigenvalue weighted by molar-refractivity contribution is 5.48. The Morgan fingerprint density at radius 3 is 3.06 bits per heavy atom. The summed E-state index contributed by atoms with van der Waals surface area (Å²) in [4.78, 5) is 6.59. The summed E-state index contributed by atoms with van der Waals surface area (Å²) in [7, 11) is 2.21. The van der Waals surface area contributed by atoms with E-state index in [2.05, 4.69) is 35.2 Å². The third-order valence-electron chi connectivity index (χ3n) is 3.35. The van der Waals surface area contributed by atoms with Gasteiger partial charge in [-0.2, -0.15) is 0 Å². The highest BCUT2D eigenvalue weighted by atomic mass is 15.1. The van der Waals surface area contributed by atoms with Crippen LogP contribution >= 0.6 is 0 Å². The van der Waals surface area contributed by atoms with Crippen LogP contribution in [0.2, 0.25) is 0 Å². The van der Waals surface area contributed by atoms with Gasteiger partial charge >= 0.3 is 0 Å². The van der Waals surface area contributed by atoms with Gasteiger partial charge in [0.2, 0.25) is 0 Å². The van der Waals surface area contributed by atoms with Gasteiger partial charge in [-0.15, -0.1) is 0 Å². The Kier molecular flexibility index (Phi) is 3.78. The molecule has 1 aromatic heterocycles. The molecule has 1 aliphatic rings. The van der Waals surface area contributed by atoms with Crippen LogP contribution in [0.4, 0.5) is 5.69 Å². The zero-order chi connectivity index (χ0) is 11.4. The van der Waals surface area contributed by atoms with E-state index < -0.39 is 0 Å². The summed E-state index contributed by atoms with van der Waals surface area (Å²) < 4.78 is 0. The minimum Gasteiger partial charge on any atom is -0.381 e. The maximum absolute atomic E-state index is 4.18. The van der Waals surface area contributed by atoms with Crippen molar-refractivity contribution >= 4 is 5.69 Å². The van der Waals surface area contributed by atoms with Crippen LogP contribution in [0.3, 0.4) is 0 Å². The lowest BCUT2D eigenvalue weighted by atomic mass is 10.1. The van der Waals surface area contributed by atoms with Gasteiger partial charge in [0, 0.05) is 12.2 Å². The second-order valence-corrected chi connectivity index (χ2v) is 4.77. The van der Waals surface area contributed by atoms with Crippen LogP contribution in [0.25, 0.3) is 0 Å². The molecule has 88 valence electrons. The van der Waals surface area contributed by atoms with Crippen LogP contribution in [0, 0.1) is 6.92 Å². The van der Waals surface area contributed by atoms with Crippen molar-refractivity contribution in [1.82, 2.24) is 9.88 Å². The molecule has 1 unspecified atom stereocenters. The largest absolute Gasteiger partial charge is 0.381 e. The zero-order valence-corrected chi connectivity index (χ0v) is 10.2. The molecule has 2 heterocycles. The predicted octanol–water partition coefficient (Wildman–Crippen LogP) is 2.29. The number of anilines is 1. The number of rotatable bonds is 2. The molecule has 1 fully saturated rings. The Balaban J connectivity index is 1.96. The van der Waals surface area contributed by atoms with E-state index in [0.29, 0.717) is 6.04 Å². The first-order valence-corrected chi connectivity index (χ1v) is 6.11. The molecule has 1 N–H and O–H groups in total. The van der Waals surface area contributed by atoms with Gasteiger partial charge in [-0.05, 0) is 58.0 Å². The Bertz CT molecular complexity index is 338. The van der Waals surface area contributed by atoms with Gasteiger partial charge in [0.25, 0.3) is 0 Å². The first kappa shape index (κ1) is 11.4. The quantitative estimate of drug-likeness (QED) is 0.827. The lowest BCUT2D eigenvalue weighted by Crippen LogP contribution is -2.23. The molecule has 3 heteroatoms. The summed E-state index contributed by atoms with van der Waals surface area (Å²) in [6, 6.07) is 2.67. The summed E-state index contributed by atoms with van der Waals surface area (Å²) in [5, 5.41) is 3.62. The Morgan fingerprint density at radius 1 is 1.38 bits per heavy atom. The fraction of sp³-hybridized carbons (Fsp3) is 0.615. The zero-order valence-electron chi connectivity index (χ0n) is 10.2. The molecule has 2 rings (SSSR count). The standard InChI is InChI=1S/C13H21N3/c1-11-5-7-14-10-13(11)15-12-4-3-8-16(2)9-6-12/h5,7,10,12,15H,3-4,6,8-9H2,1-2H3. The minimum absolute atomic E-state index is 0.604. The molecule has 0 bridgehead atoms. The summed E-state index contributed by atoms with van der Waals surface area (Å²) in [6.45, 7) is 4.55. The molecule has 1 aliphatic heterocycles. The minimum atomic E-state index is 0.604. The molecule has 1 aromatic rings. The van der Waals surface area contributed by atoms with Crippen LogP contribution in [0.5, 0.6) is 0 Å². The first-order chi connectivity index (χ1) is 7.75. The SMILES string of the molecule is Cc1ccncc1NC1CCCN(C)CC1. The van der Waals surface area contributed by atoms with E-state index in [4.69, 9.17) is 0 Å². The Labute approximate surface area is 97.9 Å². The number of pyridine rings is 1. The van der Waals surface area contributed by atoms with Gasteiger partial charge in [0.1, 0.15) is 0 Å². The predicted molar refractivity (Wildman–Crippen MR) is 67.7 cm³/mol. The van der Waals surface area contributed by atoms with E-state index in [9.17, 15) is 0 Å². The number of aromatic nitrogens is 1. The van der Waals surface area contributed by atoms with Gasteiger partial charge in [-0.25, -0.2) is 0 Å². The molecule has 0 aromatic carbocycles. The molecule has 1 atom stereocenters. The van der Waals surface area contributed by atoms with Gasteiger partial charge in [-0.1, -0.05) is 0 Å². The smallest absolute Gasteiger partial charge is 0.0558 e. The topological polar surface area (TPSA) is 28.2 Å². The third kappa shape index (κ3) is 2.95. The summed E-state index contributed by atoms with van der Waals surface area (Å²) in [6.07, 6.45) is 7.56. The van der Waals surface area contributed by atoms with Crippen molar-refractivity contribution in [1.29, 1.82) is 0 Å². The van der Waals surface area contributed by atoms with Crippen LogP contribution in [0.1, 0.15) is 24.8 Å². The number of aryl methyl sites for hydroxylation is 1. The molecule has 0 spiro atoms. The number of nitrogens with one attached hydrogen (secondary N) is 1. The molecule has 0 saturated carbocycles. The highest BCUT2D eigenvalue weighted by Gasteiger charge is 2.14. The van der Waals surface area contributed by atoms with Crippen LogP contribution in [0.15, 0.2) is 18.5 Å². The second-order valence-electron chi connectivity index (χ2n) is 4.77. The van der Waals surface area contributed by atoms with Crippen molar-refractivity contribution in [3.05, 3.63) is 24.0 Å². The molecular formula is C13H21N3.